The molecule has 2 atom stereocenters. The number of methoxy groups -OCH3 is 1. The SMILES string of the molecule is COC(=O)c1scc(C)c1S(=O)(=O)N1CCCC(C)C1CN.Cl. The lowest BCUT2D eigenvalue weighted by atomic mass is 9.93. The van der Waals surface area contributed by atoms with Crippen molar-refractivity contribution in [1.82, 2.24) is 4.31 Å². The van der Waals surface area contributed by atoms with Crippen molar-refractivity contribution in [2.24, 2.45) is 11.7 Å². The number of carbonyl (C=O) groups excluding carboxylic acids is 1. The van der Waals surface area contributed by atoms with Crippen LogP contribution in [0.2, 0.25) is 0 Å². The quantitative estimate of drug-likeness (QED) is 0.804. The molecule has 0 saturated carbocycles. The Hall–Kier alpha value is -0.670. The van der Waals surface area contributed by atoms with Crippen molar-refractivity contribution in [3.8, 4) is 0 Å². The number of nitrogens with zero attached hydrogens (tertiary/aromatic N) is 1. The molecule has 23 heavy (non-hydrogen) atoms. The van der Waals surface area contributed by atoms with Crippen molar-refractivity contribution in [2.45, 2.75) is 37.6 Å². The van der Waals surface area contributed by atoms with Gasteiger partial charge < -0.3 is 10.5 Å². The molecule has 132 valence electrons. The predicted octanol–water partition coefficient (Wildman–Crippen LogP) is 2.01. The maximum atomic E-state index is 13.1. The Morgan fingerprint density at radius 1 is 1.52 bits per heavy atom. The fourth-order valence-electron chi connectivity index (χ4n) is 2.96. The third-order valence-corrected chi connectivity index (χ3v) is 7.48. The Morgan fingerprint density at radius 2 is 2.17 bits per heavy atom. The van der Waals surface area contributed by atoms with Gasteiger partial charge in [0.15, 0.2) is 0 Å². The minimum absolute atomic E-state index is 0. The molecule has 2 N–H and O–H groups in total. The third kappa shape index (κ3) is 3.71. The van der Waals surface area contributed by atoms with Gasteiger partial charge in [0.25, 0.3) is 0 Å². The van der Waals surface area contributed by atoms with E-state index in [-0.39, 0.29) is 40.7 Å². The highest BCUT2D eigenvalue weighted by atomic mass is 35.5. The first-order valence-electron chi connectivity index (χ1n) is 7.22. The second-order valence-corrected chi connectivity index (χ2v) is 8.31. The van der Waals surface area contributed by atoms with Crippen molar-refractivity contribution in [2.75, 3.05) is 20.2 Å². The number of sulfonamides is 1. The fourth-order valence-corrected chi connectivity index (χ4v) is 6.40. The van der Waals surface area contributed by atoms with Crippen molar-refractivity contribution < 1.29 is 17.9 Å². The number of ether oxygens (including phenoxy) is 1. The van der Waals surface area contributed by atoms with E-state index < -0.39 is 16.0 Å². The number of hydrogen-bond donors (Lipinski definition) is 1. The van der Waals surface area contributed by atoms with E-state index >= 15 is 0 Å². The standard InChI is InChI=1S/C14H22N2O4S2.ClH/c1-9-5-4-6-16(11(9)7-15)22(18,19)13-10(2)8-21-12(13)14(17)20-3;/h8-9,11H,4-7,15H2,1-3H3;1H. The molecule has 0 spiro atoms. The third-order valence-electron chi connectivity index (χ3n) is 4.16. The molecule has 0 bridgehead atoms. The lowest BCUT2D eigenvalue weighted by molar-refractivity contribution is 0.0602. The fraction of sp³-hybridized carbons (Fsp3) is 0.643. The molecule has 0 aromatic carbocycles. The lowest BCUT2D eigenvalue weighted by Crippen LogP contribution is -2.51. The van der Waals surface area contributed by atoms with E-state index in [1.54, 1.807) is 12.3 Å². The average molecular weight is 383 g/mol. The van der Waals surface area contributed by atoms with Crippen LogP contribution in [0, 0.1) is 12.8 Å². The minimum Gasteiger partial charge on any atom is -0.465 e. The van der Waals surface area contributed by atoms with E-state index in [2.05, 4.69) is 0 Å². The summed E-state index contributed by atoms with van der Waals surface area (Å²) in [6, 6.07) is -0.233. The first kappa shape index (κ1) is 20.4. The first-order chi connectivity index (χ1) is 10.3. The van der Waals surface area contributed by atoms with Crippen LogP contribution in [0.15, 0.2) is 10.3 Å². The van der Waals surface area contributed by atoms with Crippen LogP contribution in [-0.4, -0.2) is 44.9 Å². The normalized spacial score (nSPS) is 22.4. The van der Waals surface area contributed by atoms with E-state index in [0.717, 1.165) is 24.2 Å². The Kier molecular flexibility index (Phi) is 7.03. The zero-order valence-corrected chi connectivity index (χ0v) is 15.9. The van der Waals surface area contributed by atoms with Crippen molar-refractivity contribution >= 4 is 39.7 Å². The minimum atomic E-state index is -3.77. The van der Waals surface area contributed by atoms with Gasteiger partial charge in [-0.2, -0.15) is 4.31 Å². The average Bonchev–Trinajstić information content (AvgIpc) is 2.88. The van der Waals surface area contributed by atoms with E-state index in [4.69, 9.17) is 10.5 Å². The molecular weight excluding hydrogens is 360 g/mol. The molecule has 1 saturated heterocycles. The number of hydrogen-bond acceptors (Lipinski definition) is 6. The monoisotopic (exact) mass is 382 g/mol. The molecule has 1 aliphatic rings. The maximum absolute atomic E-state index is 13.1. The van der Waals surface area contributed by atoms with Crippen LogP contribution >= 0.6 is 23.7 Å². The highest BCUT2D eigenvalue weighted by Crippen LogP contribution is 2.34. The molecular formula is C14H23ClN2O4S2. The Labute approximate surface area is 147 Å². The van der Waals surface area contributed by atoms with Gasteiger partial charge in [0.2, 0.25) is 10.0 Å². The van der Waals surface area contributed by atoms with Crippen LogP contribution < -0.4 is 5.73 Å². The van der Waals surface area contributed by atoms with Gasteiger partial charge in [0, 0.05) is 19.1 Å². The smallest absolute Gasteiger partial charge is 0.349 e. The summed E-state index contributed by atoms with van der Waals surface area (Å²) in [6.07, 6.45) is 1.76. The second-order valence-electron chi connectivity index (χ2n) is 5.61. The van der Waals surface area contributed by atoms with Crippen LogP contribution in [-0.2, 0) is 14.8 Å². The molecule has 2 unspecified atom stereocenters. The molecule has 0 amide bonds. The summed E-state index contributed by atoms with van der Waals surface area (Å²) >= 11 is 1.10. The van der Waals surface area contributed by atoms with Gasteiger partial charge in [-0.3, -0.25) is 0 Å². The Balaban J connectivity index is 0.00000264. The number of thiophene rings is 1. The van der Waals surface area contributed by atoms with Crippen molar-refractivity contribution in [1.29, 1.82) is 0 Å². The lowest BCUT2D eigenvalue weighted by Gasteiger charge is -2.38. The largest absolute Gasteiger partial charge is 0.465 e. The molecule has 1 aromatic rings. The predicted molar refractivity (Wildman–Crippen MR) is 92.8 cm³/mol. The van der Waals surface area contributed by atoms with Crippen molar-refractivity contribution in [3.05, 3.63) is 15.8 Å². The van der Waals surface area contributed by atoms with Crippen LogP contribution in [0.5, 0.6) is 0 Å². The highest BCUT2D eigenvalue weighted by Gasteiger charge is 2.39. The summed E-state index contributed by atoms with van der Waals surface area (Å²) in [7, 11) is -2.52. The van der Waals surface area contributed by atoms with Crippen molar-refractivity contribution in [3.63, 3.8) is 0 Å². The number of halogens is 1. The number of carbonyl (C=O) groups is 1. The summed E-state index contributed by atoms with van der Waals surface area (Å²) in [5.74, 6) is -0.417. The number of rotatable bonds is 4. The topological polar surface area (TPSA) is 89.7 Å². The maximum Gasteiger partial charge on any atom is 0.349 e. The van der Waals surface area contributed by atoms with Gasteiger partial charge in [-0.1, -0.05) is 6.92 Å². The highest BCUT2D eigenvalue weighted by molar-refractivity contribution is 7.89. The molecule has 0 radical (unpaired) electrons. The molecule has 6 nitrogen and oxygen atoms in total. The van der Waals surface area contributed by atoms with Gasteiger partial charge >= 0.3 is 5.97 Å². The summed E-state index contributed by atoms with van der Waals surface area (Å²) in [4.78, 5) is 12.1. The van der Waals surface area contributed by atoms with Crippen LogP contribution in [0.4, 0.5) is 0 Å². The van der Waals surface area contributed by atoms with Gasteiger partial charge in [0.05, 0.1) is 7.11 Å². The van der Waals surface area contributed by atoms with E-state index in [1.807, 2.05) is 6.92 Å². The van der Waals surface area contributed by atoms with E-state index in [1.165, 1.54) is 11.4 Å². The Morgan fingerprint density at radius 3 is 2.74 bits per heavy atom. The summed E-state index contributed by atoms with van der Waals surface area (Å²) in [5.41, 5.74) is 6.37. The summed E-state index contributed by atoms with van der Waals surface area (Å²) < 4.78 is 32.4. The molecule has 1 aromatic heterocycles. The van der Waals surface area contributed by atoms with Crippen LogP contribution in [0.25, 0.3) is 0 Å². The number of aryl methyl sites for hydroxylation is 1. The zero-order valence-electron chi connectivity index (χ0n) is 13.4. The molecule has 9 heteroatoms. The van der Waals surface area contributed by atoms with Crippen LogP contribution in [0.1, 0.15) is 35.0 Å². The molecule has 1 fully saturated rings. The van der Waals surface area contributed by atoms with Gasteiger partial charge in [-0.05, 0) is 36.6 Å². The number of piperidine rings is 1. The van der Waals surface area contributed by atoms with Gasteiger partial charge in [0.1, 0.15) is 9.77 Å². The van der Waals surface area contributed by atoms with Gasteiger partial charge in [-0.15, -0.1) is 23.7 Å². The van der Waals surface area contributed by atoms with Gasteiger partial charge in [-0.25, -0.2) is 13.2 Å². The first-order valence-corrected chi connectivity index (χ1v) is 9.54. The summed E-state index contributed by atoms with van der Waals surface area (Å²) in [6.45, 7) is 4.42. The zero-order chi connectivity index (χ0) is 16.5. The second kappa shape index (κ2) is 7.94. The molecule has 2 rings (SSSR count). The number of nitrogens with two attached hydrogens (primary N) is 1. The van der Waals surface area contributed by atoms with E-state index in [9.17, 15) is 13.2 Å². The Bertz CT molecular complexity index is 660. The van der Waals surface area contributed by atoms with Crippen LogP contribution in [0.3, 0.4) is 0 Å². The molecule has 1 aliphatic heterocycles. The molecule has 2 heterocycles. The summed E-state index contributed by atoms with van der Waals surface area (Å²) in [5, 5.41) is 1.67. The molecule has 0 aliphatic carbocycles. The number of esters is 1. The van der Waals surface area contributed by atoms with E-state index in [0.29, 0.717) is 12.1 Å².